The summed E-state index contributed by atoms with van der Waals surface area (Å²) in [4.78, 5) is 34.3. The van der Waals surface area contributed by atoms with Crippen LogP contribution in [-0.2, 0) is 0 Å². The van der Waals surface area contributed by atoms with Gasteiger partial charge in [0.25, 0.3) is 5.91 Å². The highest BCUT2D eigenvalue weighted by molar-refractivity contribution is 5.97. The molecule has 3 amide bonds. The molecule has 0 spiro atoms. The number of hydrogen-bond acceptors (Lipinski definition) is 5. The van der Waals surface area contributed by atoms with Crippen molar-refractivity contribution in [3.05, 3.63) is 48.3 Å². The minimum absolute atomic E-state index is 0.117. The summed E-state index contributed by atoms with van der Waals surface area (Å²) in [6, 6.07) is 10.5. The summed E-state index contributed by atoms with van der Waals surface area (Å²) in [5.74, 6) is 1.08. The van der Waals surface area contributed by atoms with Gasteiger partial charge in [-0.15, -0.1) is 0 Å². The van der Waals surface area contributed by atoms with E-state index in [-0.39, 0.29) is 24.8 Å². The number of carbonyl (C=O) groups excluding carboxylic acids is 2. The number of anilines is 1. The molecule has 1 fully saturated rings. The van der Waals surface area contributed by atoms with Crippen LogP contribution >= 0.6 is 0 Å². The Balaban J connectivity index is 1.21. The number of pyridine rings is 1. The third-order valence-electron chi connectivity index (χ3n) is 5.30. The molecule has 3 N–H and O–H groups in total. The van der Waals surface area contributed by atoms with Crippen molar-refractivity contribution in [1.29, 1.82) is 0 Å². The number of piperidine rings is 1. The Morgan fingerprint density at radius 2 is 2.07 bits per heavy atom. The summed E-state index contributed by atoms with van der Waals surface area (Å²) in [5, 5.41) is 6.80. The topological polar surface area (TPSA) is 109 Å². The summed E-state index contributed by atoms with van der Waals surface area (Å²) in [6.07, 6.45) is 3.31. The summed E-state index contributed by atoms with van der Waals surface area (Å²) in [6.45, 7) is 1.27. The molecular weight excluding hydrogens is 386 g/mol. The van der Waals surface area contributed by atoms with Crippen LogP contribution in [0.1, 0.15) is 23.3 Å². The number of fused-ring (bicyclic) bond motifs is 2. The van der Waals surface area contributed by atoms with Gasteiger partial charge in [-0.25, -0.2) is 9.78 Å². The lowest BCUT2D eigenvalue weighted by Crippen LogP contribution is -2.50. The van der Waals surface area contributed by atoms with Gasteiger partial charge in [0.05, 0.1) is 0 Å². The first-order valence-corrected chi connectivity index (χ1v) is 9.86. The number of likely N-dealkylation sites (tertiary alicyclic amines) is 1. The number of rotatable bonds is 3. The van der Waals surface area contributed by atoms with Crippen LogP contribution in [0.2, 0.25) is 0 Å². The average Bonchev–Trinajstić information content (AvgIpc) is 3.40. The van der Waals surface area contributed by atoms with E-state index in [1.54, 1.807) is 35.4 Å². The second-order valence-electron chi connectivity index (χ2n) is 7.38. The number of hydrogen-bond donors (Lipinski definition) is 3. The van der Waals surface area contributed by atoms with Crippen LogP contribution in [0.25, 0.3) is 11.0 Å². The minimum atomic E-state index is -0.206. The zero-order chi connectivity index (χ0) is 20.5. The molecule has 2 aliphatic heterocycles. The summed E-state index contributed by atoms with van der Waals surface area (Å²) < 4.78 is 10.6. The number of nitrogens with zero attached hydrogens (tertiary/aromatic N) is 2. The van der Waals surface area contributed by atoms with E-state index in [0.29, 0.717) is 41.6 Å². The van der Waals surface area contributed by atoms with Gasteiger partial charge in [0.15, 0.2) is 11.5 Å². The monoisotopic (exact) mass is 407 g/mol. The summed E-state index contributed by atoms with van der Waals surface area (Å²) in [5.41, 5.74) is 1.78. The van der Waals surface area contributed by atoms with Crippen molar-refractivity contribution in [3.63, 3.8) is 0 Å². The maximum absolute atomic E-state index is 12.7. The summed E-state index contributed by atoms with van der Waals surface area (Å²) >= 11 is 0. The fraction of sp³-hybridized carbons (Fsp3) is 0.286. The molecule has 5 rings (SSSR count). The normalized spacial score (nSPS) is 17.7. The van der Waals surface area contributed by atoms with E-state index < -0.39 is 0 Å². The lowest BCUT2D eigenvalue weighted by molar-refractivity contribution is 0.0908. The molecule has 3 aromatic rings. The molecule has 1 aromatic carbocycles. The van der Waals surface area contributed by atoms with Crippen molar-refractivity contribution in [3.8, 4) is 11.5 Å². The van der Waals surface area contributed by atoms with Crippen molar-refractivity contribution in [2.75, 3.05) is 25.2 Å². The van der Waals surface area contributed by atoms with Crippen LogP contribution in [-0.4, -0.2) is 52.7 Å². The van der Waals surface area contributed by atoms with Crippen LogP contribution in [0.3, 0.4) is 0 Å². The van der Waals surface area contributed by atoms with Crippen molar-refractivity contribution in [2.24, 2.45) is 0 Å². The molecule has 0 bridgehead atoms. The number of nitrogens with one attached hydrogen (secondary N) is 3. The molecule has 0 radical (unpaired) electrons. The van der Waals surface area contributed by atoms with E-state index >= 15 is 0 Å². The van der Waals surface area contributed by atoms with Crippen LogP contribution in [0.5, 0.6) is 11.5 Å². The Kier molecular flexibility index (Phi) is 4.62. The Hall–Kier alpha value is -3.75. The predicted molar refractivity (Wildman–Crippen MR) is 110 cm³/mol. The van der Waals surface area contributed by atoms with E-state index in [0.717, 1.165) is 18.2 Å². The second-order valence-corrected chi connectivity index (χ2v) is 7.38. The zero-order valence-electron chi connectivity index (χ0n) is 16.2. The fourth-order valence-corrected chi connectivity index (χ4v) is 3.80. The molecule has 9 heteroatoms. The van der Waals surface area contributed by atoms with E-state index in [4.69, 9.17) is 9.47 Å². The van der Waals surface area contributed by atoms with Crippen molar-refractivity contribution >= 4 is 28.7 Å². The molecule has 0 unspecified atom stereocenters. The highest BCUT2D eigenvalue weighted by atomic mass is 16.7. The van der Waals surface area contributed by atoms with Gasteiger partial charge in [-0.3, -0.25) is 4.79 Å². The number of benzene rings is 1. The maximum atomic E-state index is 12.7. The molecule has 2 aliphatic rings. The highest BCUT2D eigenvalue weighted by Crippen LogP contribution is 2.34. The second kappa shape index (κ2) is 7.58. The van der Waals surface area contributed by atoms with Gasteiger partial charge in [-0.05, 0) is 43.2 Å². The number of ether oxygens (including phenoxy) is 2. The maximum Gasteiger partial charge on any atom is 0.321 e. The Morgan fingerprint density at radius 1 is 1.17 bits per heavy atom. The molecule has 0 aliphatic carbocycles. The zero-order valence-corrected chi connectivity index (χ0v) is 16.2. The van der Waals surface area contributed by atoms with Gasteiger partial charge in [0.1, 0.15) is 11.3 Å². The van der Waals surface area contributed by atoms with Gasteiger partial charge in [0, 0.05) is 42.5 Å². The smallest absolute Gasteiger partial charge is 0.321 e. The lowest BCUT2D eigenvalue weighted by Gasteiger charge is -2.33. The fourth-order valence-electron chi connectivity index (χ4n) is 3.80. The molecule has 9 nitrogen and oxygen atoms in total. The molecule has 30 heavy (non-hydrogen) atoms. The molecular formula is C21H21N5O4. The van der Waals surface area contributed by atoms with Gasteiger partial charge in [-0.2, -0.15) is 0 Å². The highest BCUT2D eigenvalue weighted by Gasteiger charge is 2.26. The Morgan fingerprint density at radius 3 is 2.97 bits per heavy atom. The SMILES string of the molecule is O=C(N[C@H]1CCCN(C(=O)Nc2ccc3c(c2)OCO3)C1)c1cc2cccnc2[nH]1. The van der Waals surface area contributed by atoms with Crippen LogP contribution in [0.4, 0.5) is 10.5 Å². The van der Waals surface area contributed by atoms with Gasteiger partial charge >= 0.3 is 6.03 Å². The Bertz CT molecular complexity index is 1080. The van der Waals surface area contributed by atoms with Gasteiger partial charge in [0.2, 0.25) is 6.79 Å². The van der Waals surface area contributed by atoms with Gasteiger partial charge < -0.3 is 30.0 Å². The largest absolute Gasteiger partial charge is 0.454 e. The van der Waals surface area contributed by atoms with Crippen molar-refractivity contribution in [2.45, 2.75) is 18.9 Å². The number of amides is 3. The molecule has 154 valence electrons. The van der Waals surface area contributed by atoms with E-state index in [2.05, 4.69) is 20.6 Å². The third-order valence-corrected chi connectivity index (χ3v) is 5.30. The third kappa shape index (κ3) is 3.61. The molecule has 1 atom stereocenters. The first-order valence-electron chi connectivity index (χ1n) is 9.86. The van der Waals surface area contributed by atoms with Crippen LogP contribution in [0, 0.1) is 0 Å². The first kappa shape index (κ1) is 18.3. The Labute approximate surface area is 172 Å². The quantitative estimate of drug-likeness (QED) is 0.619. The molecule has 2 aromatic heterocycles. The lowest BCUT2D eigenvalue weighted by atomic mass is 10.1. The number of aromatic nitrogens is 2. The number of H-pyrrole nitrogens is 1. The van der Waals surface area contributed by atoms with E-state index in [1.165, 1.54) is 0 Å². The number of carbonyl (C=O) groups is 2. The number of urea groups is 1. The van der Waals surface area contributed by atoms with Crippen molar-refractivity contribution in [1.82, 2.24) is 20.2 Å². The predicted octanol–water partition coefficient (Wildman–Crippen LogP) is 2.72. The molecule has 0 saturated carbocycles. The van der Waals surface area contributed by atoms with Crippen molar-refractivity contribution < 1.29 is 19.1 Å². The number of aromatic amines is 1. The molecule has 4 heterocycles. The van der Waals surface area contributed by atoms with Crippen LogP contribution < -0.4 is 20.1 Å². The van der Waals surface area contributed by atoms with E-state index in [9.17, 15) is 9.59 Å². The minimum Gasteiger partial charge on any atom is -0.454 e. The van der Waals surface area contributed by atoms with Crippen LogP contribution in [0.15, 0.2) is 42.6 Å². The molecule has 1 saturated heterocycles. The van der Waals surface area contributed by atoms with E-state index in [1.807, 2.05) is 12.1 Å². The first-order chi connectivity index (χ1) is 14.7. The average molecular weight is 407 g/mol. The standard InChI is InChI=1S/C21H21N5O4/c27-20(16-9-13-3-1-7-22-19(13)25-16)23-15-4-2-8-26(11-15)21(28)24-14-5-6-17-18(10-14)30-12-29-17/h1,3,5-7,9-10,15H,2,4,8,11-12H2,(H,22,25)(H,23,27)(H,24,28)/t15-/m0/s1. The summed E-state index contributed by atoms with van der Waals surface area (Å²) in [7, 11) is 0. The van der Waals surface area contributed by atoms with Gasteiger partial charge in [-0.1, -0.05) is 0 Å².